The zero-order chi connectivity index (χ0) is 18.4. The highest BCUT2D eigenvalue weighted by molar-refractivity contribution is 9.10. The molecule has 0 aromatic carbocycles. The number of aryl methyl sites for hydroxylation is 1. The zero-order valence-electron chi connectivity index (χ0n) is 14.6. The van der Waals surface area contributed by atoms with Gasteiger partial charge in [0.2, 0.25) is 0 Å². The Morgan fingerprint density at radius 3 is 2.88 bits per heavy atom. The molecular weight excluding hydrogens is 406 g/mol. The van der Waals surface area contributed by atoms with E-state index in [9.17, 15) is 9.59 Å². The van der Waals surface area contributed by atoms with E-state index in [2.05, 4.69) is 25.9 Å². The number of carbonyl (C=O) groups excluding carboxylic acids is 1. The fourth-order valence-corrected chi connectivity index (χ4v) is 4.38. The van der Waals surface area contributed by atoms with Crippen LogP contribution in [0.25, 0.3) is 11.0 Å². The van der Waals surface area contributed by atoms with Gasteiger partial charge in [0.1, 0.15) is 11.2 Å². The molecule has 1 saturated carbocycles. The van der Waals surface area contributed by atoms with E-state index in [0.29, 0.717) is 15.3 Å². The lowest BCUT2D eigenvalue weighted by Gasteiger charge is -2.33. The van der Waals surface area contributed by atoms with Crippen LogP contribution in [0.5, 0.6) is 0 Å². The molecule has 25 heavy (non-hydrogen) atoms. The maximum Gasteiger partial charge on any atom is 0.303 e. The summed E-state index contributed by atoms with van der Waals surface area (Å²) in [5.41, 5.74) is 0.536. The Labute approximate surface area is 158 Å². The van der Waals surface area contributed by atoms with E-state index in [0.717, 1.165) is 30.2 Å². The quantitative estimate of drug-likeness (QED) is 0.424. The molecule has 2 atom stereocenters. The van der Waals surface area contributed by atoms with Crippen LogP contribution in [0, 0.1) is 6.92 Å². The number of hydrogen-bond donors (Lipinski definition) is 0. The van der Waals surface area contributed by atoms with E-state index in [1.807, 2.05) is 20.1 Å². The minimum atomic E-state index is -0.720. The first-order valence-electron chi connectivity index (χ1n) is 8.09. The van der Waals surface area contributed by atoms with Crippen LogP contribution in [-0.2, 0) is 9.53 Å². The van der Waals surface area contributed by atoms with Crippen molar-refractivity contribution in [3.8, 4) is 0 Å². The Hall–Kier alpha value is -1.41. The number of fused-ring (bicyclic) bond motifs is 1. The smallest absolute Gasteiger partial charge is 0.303 e. The number of ether oxygens (including phenoxy) is 1. The van der Waals surface area contributed by atoms with E-state index < -0.39 is 5.60 Å². The van der Waals surface area contributed by atoms with Crippen molar-refractivity contribution in [2.75, 3.05) is 6.26 Å². The number of carbonyl (C=O) groups is 1. The lowest BCUT2D eigenvalue weighted by molar-refractivity contribution is -0.158. The SMILES string of the molecule is CSc1ncc2c(C)c(Br)c(=O)n(C3CCCC3(C)OC(C)=O)c2n1. The summed E-state index contributed by atoms with van der Waals surface area (Å²) in [5.74, 6) is -0.336. The van der Waals surface area contributed by atoms with E-state index in [1.165, 1.54) is 18.7 Å². The first-order chi connectivity index (χ1) is 11.8. The van der Waals surface area contributed by atoms with Crippen molar-refractivity contribution in [1.82, 2.24) is 14.5 Å². The van der Waals surface area contributed by atoms with Crippen LogP contribution in [0.15, 0.2) is 20.6 Å². The second kappa shape index (κ2) is 6.72. The number of nitrogens with zero attached hydrogens (tertiary/aromatic N) is 3. The van der Waals surface area contributed by atoms with E-state index >= 15 is 0 Å². The van der Waals surface area contributed by atoms with E-state index in [4.69, 9.17) is 4.74 Å². The molecule has 2 aromatic heterocycles. The van der Waals surface area contributed by atoms with Crippen LogP contribution in [0.1, 0.15) is 44.7 Å². The largest absolute Gasteiger partial charge is 0.457 e. The maximum absolute atomic E-state index is 13.1. The molecule has 2 unspecified atom stereocenters. The number of hydrogen-bond acceptors (Lipinski definition) is 6. The third kappa shape index (κ3) is 3.10. The summed E-state index contributed by atoms with van der Waals surface area (Å²) in [6.07, 6.45) is 6.01. The minimum Gasteiger partial charge on any atom is -0.457 e. The monoisotopic (exact) mass is 425 g/mol. The minimum absolute atomic E-state index is 0.152. The molecule has 3 rings (SSSR count). The molecule has 2 aromatic rings. The van der Waals surface area contributed by atoms with Crippen LogP contribution in [0.2, 0.25) is 0 Å². The number of halogens is 1. The summed E-state index contributed by atoms with van der Waals surface area (Å²) < 4.78 is 7.82. The fourth-order valence-electron chi connectivity index (χ4n) is 3.64. The van der Waals surface area contributed by atoms with Gasteiger partial charge < -0.3 is 4.74 Å². The zero-order valence-corrected chi connectivity index (χ0v) is 17.0. The predicted octanol–water partition coefficient (Wildman–Crippen LogP) is 3.63. The molecule has 0 saturated heterocycles. The van der Waals surface area contributed by atoms with Crippen LogP contribution in [0.4, 0.5) is 0 Å². The molecule has 134 valence electrons. The van der Waals surface area contributed by atoms with Crippen LogP contribution in [0.3, 0.4) is 0 Å². The average molecular weight is 426 g/mol. The van der Waals surface area contributed by atoms with Gasteiger partial charge in [0.25, 0.3) is 5.56 Å². The number of pyridine rings is 1. The van der Waals surface area contributed by atoms with Crippen molar-refractivity contribution in [1.29, 1.82) is 0 Å². The normalized spacial score (nSPS) is 23.2. The third-order valence-electron chi connectivity index (χ3n) is 4.84. The third-order valence-corrected chi connectivity index (χ3v) is 6.34. The average Bonchev–Trinajstić information content (AvgIpc) is 2.92. The van der Waals surface area contributed by atoms with Gasteiger partial charge in [-0.15, -0.1) is 0 Å². The summed E-state index contributed by atoms with van der Waals surface area (Å²) in [6.45, 7) is 5.18. The van der Waals surface area contributed by atoms with Crippen molar-refractivity contribution in [3.05, 3.63) is 26.6 Å². The molecule has 1 fully saturated rings. The molecule has 0 spiro atoms. The first kappa shape index (κ1) is 18.4. The van der Waals surface area contributed by atoms with Gasteiger partial charge in [-0.2, -0.15) is 0 Å². The Bertz CT molecular complexity index is 914. The highest BCUT2D eigenvalue weighted by Gasteiger charge is 2.44. The van der Waals surface area contributed by atoms with Gasteiger partial charge in [-0.1, -0.05) is 11.8 Å². The Balaban J connectivity index is 2.31. The summed E-state index contributed by atoms with van der Waals surface area (Å²) in [6, 6.07) is -0.257. The highest BCUT2D eigenvalue weighted by atomic mass is 79.9. The number of rotatable bonds is 3. The van der Waals surface area contributed by atoms with Gasteiger partial charge in [-0.25, -0.2) is 9.97 Å². The topological polar surface area (TPSA) is 74.1 Å². The molecule has 2 heterocycles. The van der Waals surface area contributed by atoms with Crippen LogP contribution >= 0.6 is 27.7 Å². The highest BCUT2D eigenvalue weighted by Crippen LogP contribution is 2.43. The molecule has 1 aliphatic carbocycles. The molecule has 1 aliphatic rings. The lowest BCUT2D eigenvalue weighted by Crippen LogP contribution is -2.41. The first-order valence-corrected chi connectivity index (χ1v) is 10.1. The van der Waals surface area contributed by atoms with E-state index in [-0.39, 0.29) is 17.6 Å². The van der Waals surface area contributed by atoms with Gasteiger partial charge in [0, 0.05) is 18.5 Å². The molecule has 0 N–H and O–H groups in total. The number of thioether (sulfide) groups is 1. The van der Waals surface area contributed by atoms with Gasteiger partial charge in [-0.3, -0.25) is 14.2 Å². The van der Waals surface area contributed by atoms with E-state index in [1.54, 1.807) is 10.8 Å². The summed E-state index contributed by atoms with van der Waals surface area (Å²) in [4.78, 5) is 33.6. The van der Waals surface area contributed by atoms with Gasteiger partial charge in [0.15, 0.2) is 5.16 Å². The van der Waals surface area contributed by atoms with Gasteiger partial charge in [-0.05, 0) is 60.9 Å². The molecule has 0 amide bonds. The Kier molecular flexibility index (Phi) is 4.94. The van der Waals surface area contributed by atoms with Crippen molar-refractivity contribution < 1.29 is 9.53 Å². The molecular formula is C17H20BrN3O3S. The maximum atomic E-state index is 13.1. The van der Waals surface area contributed by atoms with Crippen LogP contribution in [-0.4, -0.2) is 32.4 Å². The number of esters is 1. The summed E-state index contributed by atoms with van der Waals surface area (Å²) in [5, 5.41) is 1.43. The summed E-state index contributed by atoms with van der Waals surface area (Å²) >= 11 is 4.85. The predicted molar refractivity (Wildman–Crippen MR) is 101 cm³/mol. The Morgan fingerprint density at radius 1 is 1.52 bits per heavy atom. The van der Waals surface area contributed by atoms with Crippen molar-refractivity contribution in [2.24, 2.45) is 0 Å². The molecule has 8 heteroatoms. The van der Waals surface area contributed by atoms with Gasteiger partial charge in [0.05, 0.1) is 10.5 Å². The second-order valence-electron chi connectivity index (χ2n) is 6.52. The standard InChI is InChI=1S/C17H20BrN3O3S/c1-9-11-8-19-16(25-4)20-14(11)21(15(23)13(9)18)12-6-5-7-17(12,3)24-10(2)22/h8,12H,5-7H2,1-4H3. The molecule has 0 aliphatic heterocycles. The molecule has 6 nitrogen and oxygen atoms in total. The Morgan fingerprint density at radius 2 is 2.24 bits per heavy atom. The van der Waals surface area contributed by atoms with Crippen molar-refractivity contribution in [3.63, 3.8) is 0 Å². The second-order valence-corrected chi connectivity index (χ2v) is 8.09. The van der Waals surface area contributed by atoms with Crippen LogP contribution < -0.4 is 5.56 Å². The van der Waals surface area contributed by atoms with Crippen molar-refractivity contribution in [2.45, 2.75) is 56.8 Å². The number of aromatic nitrogens is 3. The molecule has 0 bridgehead atoms. The van der Waals surface area contributed by atoms with Crippen molar-refractivity contribution >= 4 is 44.7 Å². The lowest BCUT2D eigenvalue weighted by atomic mass is 9.99. The fraction of sp³-hybridized carbons (Fsp3) is 0.529. The molecule has 0 radical (unpaired) electrons. The van der Waals surface area contributed by atoms with Gasteiger partial charge >= 0.3 is 5.97 Å². The summed E-state index contributed by atoms with van der Waals surface area (Å²) in [7, 11) is 0.